The second-order valence-electron chi connectivity index (χ2n) is 16.3. The van der Waals surface area contributed by atoms with Crippen molar-refractivity contribution in [3.8, 4) is 6.07 Å². The van der Waals surface area contributed by atoms with Gasteiger partial charge in [0, 0.05) is 29.9 Å². The summed E-state index contributed by atoms with van der Waals surface area (Å²) in [5.74, 6) is -4.74. The number of hydrogen-bond donors (Lipinski definition) is 3. The third kappa shape index (κ3) is 11.4. The van der Waals surface area contributed by atoms with Crippen molar-refractivity contribution in [2.24, 2.45) is 33.8 Å². The zero-order valence-electron chi connectivity index (χ0n) is 35.1. The molecule has 0 unspecified atom stereocenters. The number of ketones is 1. The Hall–Kier alpha value is -4.02. The Labute approximate surface area is 340 Å². The van der Waals surface area contributed by atoms with Crippen LogP contribution in [0.1, 0.15) is 90.1 Å². The van der Waals surface area contributed by atoms with Crippen LogP contribution in [0.25, 0.3) is 0 Å². The van der Waals surface area contributed by atoms with E-state index < -0.39 is 77.3 Å². The van der Waals surface area contributed by atoms with Crippen molar-refractivity contribution in [2.45, 2.75) is 135 Å². The quantitative estimate of drug-likeness (QED) is 0.133. The summed E-state index contributed by atoms with van der Waals surface area (Å²) >= 11 is 0. The first kappa shape index (κ1) is 46.7. The van der Waals surface area contributed by atoms with E-state index in [1.54, 1.807) is 45.0 Å². The Morgan fingerprint density at radius 2 is 1.78 bits per heavy atom. The number of carbonyl (C=O) groups is 3. The first-order chi connectivity index (χ1) is 27.3. The van der Waals surface area contributed by atoms with Crippen molar-refractivity contribution in [3.05, 3.63) is 35.4 Å². The molecule has 4 N–H and O–H groups in total. The number of aliphatic hydroxyl groups excluding tert-OH is 1. The van der Waals surface area contributed by atoms with Gasteiger partial charge in [-0.3, -0.25) is 14.4 Å². The molecular weight excluding hydrogens is 754 g/mol. The molecule has 322 valence electrons. The number of esters is 1. The molecule has 3 saturated heterocycles. The summed E-state index contributed by atoms with van der Waals surface area (Å²) in [6.07, 6.45) is -5.22. The number of primary amides is 1. The summed E-state index contributed by atoms with van der Waals surface area (Å²) in [5, 5.41) is 41.8. The molecule has 1 aromatic carbocycles. The zero-order chi connectivity index (χ0) is 42.9. The minimum absolute atomic E-state index is 0.0101. The lowest BCUT2D eigenvalue weighted by Crippen LogP contribution is -2.59. The van der Waals surface area contributed by atoms with Crippen LogP contribution in [-0.4, -0.2) is 132 Å². The topological polar surface area (TPSA) is 234 Å². The van der Waals surface area contributed by atoms with E-state index in [4.69, 9.17) is 39.1 Å². The molecule has 0 radical (unpaired) electrons. The van der Waals surface area contributed by atoms with E-state index in [0.29, 0.717) is 23.3 Å². The maximum atomic E-state index is 14.4. The van der Waals surface area contributed by atoms with Crippen LogP contribution >= 0.6 is 0 Å². The third-order valence-corrected chi connectivity index (χ3v) is 11.4. The number of nitriles is 1. The number of hydrogen-bond acceptors (Lipinski definition) is 16. The van der Waals surface area contributed by atoms with Crippen LogP contribution in [0.15, 0.2) is 34.6 Å². The molecule has 3 fully saturated rings. The summed E-state index contributed by atoms with van der Waals surface area (Å²) in [7, 11) is 3.70. The molecular formula is C41H61N5O12. The standard InChI is InChI=1S/C41H61N5O12/c1-10-32-41(7,51)33-18-30(45-54-16-15-42)23(2)19-40(6,53-22-29(21-52-33)44-55-20-27-11-13-28(14-12-27)37(43)49)36(25(4)34(47)26(5)38(50)57-32)58-39-35(48)31(46(8)9)17-24(3)56-39/h11-14,23-26,31-33,35-36,39,48,51H,10,16-22H2,1-9H3,(H2,43,49)/b44-29-,45-30-/t23-,24-,25+,26-,31+,32-,33-,35-,36-,39+,40-,41-/m1/s1. The van der Waals surface area contributed by atoms with E-state index >= 15 is 0 Å². The molecule has 3 heterocycles. The molecule has 0 aromatic heterocycles. The van der Waals surface area contributed by atoms with Crippen molar-refractivity contribution in [1.29, 1.82) is 5.26 Å². The van der Waals surface area contributed by atoms with Gasteiger partial charge in [0.1, 0.15) is 42.1 Å². The number of fused-ring (bicyclic) bond motifs is 5. The third-order valence-electron chi connectivity index (χ3n) is 11.4. The Bertz CT molecular complexity index is 1680. The highest BCUT2D eigenvalue weighted by Crippen LogP contribution is 2.39. The van der Waals surface area contributed by atoms with Gasteiger partial charge in [-0.15, -0.1) is 0 Å². The van der Waals surface area contributed by atoms with Gasteiger partial charge < -0.3 is 54.2 Å². The number of rotatable bonds is 10. The first-order valence-corrected chi connectivity index (χ1v) is 19.8. The van der Waals surface area contributed by atoms with Crippen LogP contribution in [0.4, 0.5) is 0 Å². The number of aliphatic hydroxyl groups is 2. The minimum Gasteiger partial charge on any atom is -0.459 e. The molecule has 4 rings (SSSR count). The predicted molar refractivity (Wildman–Crippen MR) is 210 cm³/mol. The number of Topliss-reactive ketones (excluding diaryl/α,β-unsaturated/α-hetero) is 1. The van der Waals surface area contributed by atoms with Gasteiger partial charge in [-0.25, -0.2) is 0 Å². The van der Waals surface area contributed by atoms with Crippen LogP contribution in [-0.2, 0) is 49.6 Å². The number of oxime groups is 2. The van der Waals surface area contributed by atoms with Crippen molar-refractivity contribution < 1.29 is 58.0 Å². The summed E-state index contributed by atoms with van der Waals surface area (Å²) < 4.78 is 32.1. The van der Waals surface area contributed by atoms with Gasteiger partial charge in [-0.2, -0.15) is 5.26 Å². The van der Waals surface area contributed by atoms with Gasteiger partial charge in [0.2, 0.25) is 12.5 Å². The summed E-state index contributed by atoms with van der Waals surface area (Å²) in [4.78, 5) is 52.8. The van der Waals surface area contributed by atoms with E-state index in [-0.39, 0.29) is 63.5 Å². The van der Waals surface area contributed by atoms with Gasteiger partial charge >= 0.3 is 5.97 Å². The lowest BCUT2D eigenvalue weighted by atomic mass is 9.76. The highest BCUT2D eigenvalue weighted by Gasteiger charge is 2.52. The molecule has 3 aliphatic rings. The number of cyclic esters (lactones) is 1. The number of ether oxygens (including phenoxy) is 5. The highest BCUT2D eigenvalue weighted by atomic mass is 16.7. The minimum atomic E-state index is -1.84. The summed E-state index contributed by atoms with van der Waals surface area (Å²) in [6.45, 7) is 11.0. The van der Waals surface area contributed by atoms with Gasteiger partial charge in [0.05, 0.1) is 42.8 Å². The fraction of sp³-hybridized carbons (Fsp3) is 0.707. The largest absolute Gasteiger partial charge is 0.459 e. The van der Waals surface area contributed by atoms with Crippen molar-refractivity contribution in [3.63, 3.8) is 0 Å². The van der Waals surface area contributed by atoms with Crippen molar-refractivity contribution >= 4 is 29.1 Å². The second kappa shape index (κ2) is 20.3. The molecule has 58 heavy (non-hydrogen) atoms. The Balaban J connectivity index is 1.89. The van der Waals surface area contributed by atoms with Crippen LogP contribution < -0.4 is 5.73 Å². The maximum absolute atomic E-state index is 14.4. The zero-order valence-corrected chi connectivity index (χ0v) is 35.1. The maximum Gasteiger partial charge on any atom is 0.316 e. The molecule has 17 nitrogen and oxygen atoms in total. The number of nitrogens with zero attached hydrogens (tertiary/aromatic N) is 4. The number of likely N-dealkylation sites (N-methyl/N-ethyl adjacent to an activating group) is 1. The van der Waals surface area contributed by atoms with Gasteiger partial charge in [0.25, 0.3) is 0 Å². The average molecular weight is 816 g/mol. The lowest BCUT2D eigenvalue weighted by molar-refractivity contribution is -0.296. The molecule has 3 aliphatic heterocycles. The van der Waals surface area contributed by atoms with E-state index in [0.717, 1.165) is 0 Å². The van der Waals surface area contributed by atoms with E-state index in [1.165, 1.54) is 13.8 Å². The van der Waals surface area contributed by atoms with Crippen molar-refractivity contribution in [2.75, 3.05) is 33.9 Å². The number of nitrogens with two attached hydrogens (primary N) is 1. The van der Waals surface area contributed by atoms with Crippen LogP contribution in [0.2, 0.25) is 0 Å². The molecule has 0 spiro atoms. The van der Waals surface area contributed by atoms with Gasteiger partial charge in [-0.1, -0.05) is 43.2 Å². The van der Waals surface area contributed by atoms with Gasteiger partial charge in [-0.05, 0) is 78.7 Å². The van der Waals surface area contributed by atoms with Crippen molar-refractivity contribution in [1.82, 2.24) is 4.90 Å². The molecule has 0 aliphatic carbocycles. The molecule has 12 atom stereocenters. The van der Waals surface area contributed by atoms with E-state index in [2.05, 4.69) is 10.3 Å². The Kier molecular flexibility index (Phi) is 16.3. The van der Waals surface area contributed by atoms with E-state index in [9.17, 15) is 29.9 Å². The molecule has 2 bridgehead atoms. The SMILES string of the molecule is CC[C@H]1OC(=O)[C@H](C)C(=O)[C@H](C)[C@@H](O[C@@H]2O[C@H](C)C[C@H](N(C)C)[C@H]2O)[C@@]2(C)C[C@@H](C)/C(=N\OCC#N)C[C@@H](OC/C(=N/OCc3ccc(C(N)=O)cc3)CO2)[C@]1(C)O. The molecule has 17 heteroatoms. The number of carbonyl (C=O) groups excluding carboxylic acids is 3. The summed E-state index contributed by atoms with van der Waals surface area (Å²) in [5.41, 5.74) is 3.83. The molecule has 0 saturated carbocycles. The van der Waals surface area contributed by atoms with Crippen LogP contribution in [0.3, 0.4) is 0 Å². The highest BCUT2D eigenvalue weighted by molar-refractivity contribution is 6.00. The average Bonchev–Trinajstić information content (AvgIpc) is 3.20. The molecule has 1 amide bonds. The predicted octanol–water partition coefficient (Wildman–Crippen LogP) is 2.88. The van der Waals surface area contributed by atoms with E-state index in [1.807, 2.05) is 38.9 Å². The smallest absolute Gasteiger partial charge is 0.316 e. The van der Waals surface area contributed by atoms with Crippen LogP contribution in [0.5, 0.6) is 0 Å². The van der Waals surface area contributed by atoms with Crippen LogP contribution in [0, 0.1) is 29.1 Å². The second-order valence-corrected chi connectivity index (χ2v) is 16.3. The Morgan fingerprint density at radius 1 is 1.09 bits per heavy atom. The number of benzene rings is 1. The fourth-order valence-corrected chi connectivity index (χ4v) is 7.90. The fourth-order valence-electron chi connectivity index (χ4n) is 7.90. The number of amides is 1. The monoisotopic (exact) mass is 815 g/mol. The normalized spacial score (nSPS) is 36.9. The summed E-state index contributed by atoms with van der Waals surface area (Å²) in [6, 6.07) is 8.10. The first-order valence-electron chi connectivity index (χ1n) is 19.8. The lowest BCUT2D eigenvalue weighted by Gasteiger charge is -2.47. The molecule has 1 aromatic rings. The Morgan fingerprint density at radius 3 is 2.40 bits per heavy atom. The van der Waals surface area contributed by atoms with Gasteiger partial charge in [0.15, 0.2) is 12.1 Å².